The van der Waals surface area contributed by atoms with Crippen molar-refractivity contribution in [2.24, 2.45) is 5.92 Å². The predicted octanol–water partition coefficient (Wildman–Crippen LogP) is 3.23. The highest BCUT2D eigenvalue weighted by molar-refractivity contribution is 5.95. The summed E-state index contributed by atoms with van der Waals surface area (Å²) in [5.41, 5.74) is 1.02. The van der Waals surface area contributed by atoms with Gasteiger partial charge in [-0.1, -0.05) is 31.8 Å². The standard InChI is InChI=1S/C19H32O5/c20-14-17(21)12-15(13-19(23)24)8-4-2-1-3-5-11-18(22)16-9-6-7-10-16/h9,15,17,20-21H,1-8,10-14H2,(H,23,24). The summed E-state index contributed by atoms with van der Waals surface area (Å²) in [4.78, 5) is 22.7. The van der Waals surface area contributed by atoms with Crippen LogP contribution < -0.4 is 0 Å². The van der Waals surface area contributed by atoms with Gasteiger partial charge in [0.2, 0.25) is 0 Å². The van der Waals surface area contributed by atoms with E-state index >= 15 is 0 Å². The number of Topliss-reactive ketones (excluding diaryl/α,β-unsaturated/α-hetero) is 1. The monoisotopic (exact) mass is 340 g/mol. The number of carboxylic acid groups (broad SMARTS) is 1. The van der Waals surface area contributed by atoms with E-state index in [9.17, 15) is 14.7 Å². The van der Waals surface area contributed by atoms with Crippen LogP contribution in [0.3, 0.4) is 0 Å². The highest BCUT2D eigenvalue weighted by Crippen LogP contribution is 2.22. The first-order chi connectivity index (χ1) is 11.5. The predicted molar refractivity (Wildman–Crippen MR) is 92.7 cm³/mol. The number of aliphatic hydroxyl groups is 2. The van der Waals surface area contributed by atoms with Gasteiger partial charge in [-0.2, -0.15) is 0 Å². The summed E-state index contributed by atoms with van der Waals surface area (Å²) in [6.07, 6.45) is 11.1. The zero-order valence-corrected chi connectivity index (χ0v) is 14.6. The van der Waals surface area contributed by atoms with Crippen LogP contribution in [0.1, 0.15) is 77.0 Å². The maximum Gasteiger partial charge on any atom is 0.303 e. The molecule has 0 bridgehead atoms. The molecular weight excluding hydrogens is 308 g/mol. The van der Waals surface area contributed by atoms with E-state index in [0.717, 1.165) is 63.4 Å². The third kappa shape index (κ3) is 9.18. The molecule has 5 nitrogen and oxygen atoms in total. The van der Waals surface area contributed by atoms with Gasteiger partial charge >= 0.3 is 5.97 Å². The van der Waals surface area contributed by atoms with Gasteiger partial charge in [0.1, 0.15) is 0 Å². The first-order valence-electron chi connectivity index (χ1n) is 9.26. The third-order valence-electron chi connectivity index (χ3n) is 4.69. The van der Waals surface area contributed by atoms with Crippen LogP contribution in [0.4, 0.5) is 0 Å². The van der Waals surface area contributed by atoms with Gasteiger partial charge in [0.25, 0.3) is 0 Å². The summed E-state index contributed by atoms with van der Waals surface area (Å²) >= 11 is 0. The zero-order valence-electron chi connectivity index (χ0n) is 14.6. The average Bonchev–Trinajstić information content (AvgIpc) is 3.07. The molecule has 2 atom stereocenters. The molecule has 138 valence electrons. The minimum atomic E-state index is -0.857. The molecule has 0 aromatic heterocycles. The number of carboxylic acids is 1. The number of rotatable bonds is 14. The van der Waals surface area contributed by atoms with Gasteiger partial charge in [0.15, 0.2) is 5.78 Å². The van der Waals surface area contributed by atoms with Crippen molar-refractivity contribution in [2.45, 2.75) is 83.2 Å². The van der Waals surface area contributed by atoms with E-state index in [4.69, 9.17) is 10.2 Å². The molecule has 1 aliphatic rings. The Kier molecular flexibility index (Phi) is 10.6. The van der Waals surface area contributed by atoms with Gasteiger partial charge in [0, 0.05) is 12.8 Å². The average molecular weight is 340 g/mol. The molecule has 0 fully saturated rings. The Morgan fingerprint density at radius 2 is 1.83 bits per heavy atom. The summed E-state index contributed by atoms with van der Waals surface area (Å²) in [7, 11) is 0. The zero-order chi connectivity index (χ0) is 17.8. The molecule has 0 aromatic rings. The molecule has 0 heterocycles. The van der Waals surface area contributed by atoms with Crippen molar-refractivity contribution >= 4 is 11.8 Å². The quantitative estimate of drug-likeness (QED) is 0.422. The lowest BCUT2D eigenvalue weighted by Crippen LogP contribution is -2.19. The van der Waals surface area contributed by atoms with Crippen molar-refractivity contribution < 1.29 is 24.9 Å². The van der Waals surface area contributed by atoms with Crippen molar-refractivity contribution in [1.29, 1.82) is 0 Å². The smallest absolute Gasteiger partial charge is 0.303 e. The van der Waals surface area contributed by atoms with Crippen LogP contribution in [0, 0.1) is 5.92 Å². The van der Waals surface area contributed by atoms with Gasteiger partial charge in [0.05, 0.1) is 12.7 Å². The summed E-state index contributed by atoms with van der Waals surface area (Å²) in [5, 5.41) is 27.3. The largest absolute Gasteiger partial charge is 0.481 e. The molecular formula is C19H32O5. The van der Waals surface area contributed by atoms with Gasteiger partial charge in [-0.05, 0) is 50.0 Å². The van der Waals surface area contributed by atoms with Crippen LogP contribution in [0.25, 0.3) is 0 Å². The molecule has 0 aromatic carbocycles. The third-order valence-corrected chi connectivity index (χ3v) is 4.69. The lowest BCUT2D eigenvalue weighted by atomic mass is 9.92. The molecule has 0 saturated carbocycles. The number of unbranched alkanes of at least 4 members (excludes halogenated alkanes) is 4. The van der Waals surface area contributed by atoms with Crippen molar-refractivity contribution in [3.8, 4) is 0 Å². The van der Waals surface area contributed by atoms with Crippen LogP contribution in [-0.4, -0.2) is 39.8 Å². The number of aliphatic hydroxyl groups excluding tert-OH is 2. The molecule has 3 N–H and O–H groups in total. The molecule has 0 saturated heterocycles. The van der Waals surface area contributed by atoms with E-state index in [1.165, 1.54) is 0 Å². The summed E-state index contributed by atoms with van der Waals surface area (Å²) in [6, 6.07) is 0. The topological polar surface area (TPSA) is 94.8 Å². The summed E-state index contributed by atoms with van der Waals surface area (Å²) < 4.78 is 0. The van der Waals surface area contributed by atoms with Crippen molar-refractivity contribution in [1.82, 2.24) is 0 Å². The second kappa shape index (κ2) is 12.2. The molecule has 2 unspecified atom stereocenters. The Balaban J connectivity index is 2.07. The number of aliphatic carboxylic acids is 1. The fourth-order valence-corrected chi connectivity index (χ4v) is 3.34. The van der Waals surface area contributed by atoms with E-state index in [1.807, 2.05) is 0 Å². The van der Waals surface area contributed by atoms with Gasteiger partial charge in [-0.3, -0.25) is 9.59 Å². The van der Waals surface area contributed by atoms with Crippen molar-refractivity contribution in [3.05, 3.63) is 11.6 Å². The first-order valence-corrected chi connectivity index (χ1v) is 9.26. The number of carbonyl (C=O) groups is 2. The fourth-order valence-electron chi connectivity index (χ4n) is 3.34. The van der Waals surface area contributed by atoms with E-state index < -0.39 is 12.1 Å². The number of allylic oxidation sites excluding steroid dienone is 2. The van der Waals surface area contributed by atoms with Gasteiger partial charge < -0.3 is 15.3 Å². The molecule has 0 aliphatic heterocycles. The molecule has 0 spiro atoms. The maximum absolute atomic E-state index is 11.9. The summed E-state index contributed by atoms with van der Waals surface area (Å²) in [5.74, 6) is -0.627. The molecule has 0 amide bonds. The molecule has 1 aliphatic carbocycles. The first kappa shape index (κ1) is 20.8. The number of hydrogen-bond donors (Lipinski definition) is 3. The molecule has 5 heteroatoms. The minimum absolute atomic E-state index is 0.0423. The Labute approximate surface area is 144 Å². The van der Waals surface area contributed by atoms with Crippen LogP contribution in [0.2, 0.25) is 0 Å². The second-order valence-electron chi connectivity index (χ2n) is 6.89. The Morgan fingerprint density at radius 3 is 2.46 bits per heavy atom. The Morgan fingerprint density at radius 1 is 1.12 bits per heavy atom. The Hall–Kier alpha value is -1.20. The summed E-state index contributed by atoms with van der Waals surface area (Å²) in [6.45, 7) is -0.319. The number of carbonyl (C=O) groups excluding carboxylic acids is 1. The highest BCUT2D eigenvalue weighted by atomic mass is 16.4. The van der Waals surface area contributed by atoms with Crippen LogP contribution in [0.15, 0.2) is 11.6 Å². The normalized spacial score (nSPS) is 16.7. The molecule has 24 heavy (non-hydrogen) atoms. The highest BCUT2D eigenvalue weighted by Gasteiger charge is 2.17. The van der Waals surface area contributed by atoms with E-state index in [0.29, 0.717) is 18.6 Å². The lowest BCUT2D eigenvalue weighted by Gasteiger charge is -2.17. The minimum Gasteiger partial charge on any atom is -0.481 e. The van der Waals surface area contributed by atoms with Gasteiger partial charge in [-0.15, -0.1) is 0 Å². The fraction of sp³-hybridized carbons (Fsp3) is 0.789. The van der Waals surface area contributed by atoms with E-state index in [2.05, 4.69) is 6.08 Å². The van der Waals surface area contributed by atoms with Crippen molar-refractivity contribution in [2.75, 3.05) is 6.61 Å². The maximum atomic E-state index is 11.9. The van der Waals surface area contributed by atoms with E-state index in [1.54, 1.807) is 0 Å². The molecule has 0 radical (unpaired) electrons. The Bertz CT molecular complexity index is 416. The second-order valence-corrected chi connectivity index (χ2v) is 6.89. The van der Waals surface area contributed by atoms with Crippen LogP contribution in [-0.2, 0) is 9.59 Å². The van der Waals surface area contributed by atoms with Crippen LogP contribution >= 0.6 is 0 Å². The van der Waals surface area contributed by atoms with E-state index in [-0.39, 0.29) is 18.9 Å². The lowest BCUT2D eigenvalue weighted by molar-refractivity contribution is -0.138. The van der Waals surface area contributed by atoms with Gasteiger partial charge in [-0.25, -0.2) is 0 Å². The van der Waals surface area contributed by atoms with Crippen LogP contribution in [0.5, 0.6) is 0 Å². The molecule has 1 rings (SSSR count). The number of ketones is 1. The van der Waals surface area contributed by atoms with Crippen molar-refractivity contribution in [3.63, 3.8) is 0 Å². The number of hydrogen-bond acceptors (Lipinski definition) is 4. The SMILES string of the molecule is O=C(O)CC(CCCCCCCC(=O)C1=CCCC1)CC(O)CO.